The minimum Gasteiger partial charge on any atom is -0.379 e. The van der Waals surface area contributed by atoms with Gasteiger partial charge in [-0.2, -0.15) is 0 Å². The van der Waals surface area contributed by atoms with E-state index in [9.17, 15) is 0 Å². The average molecular weight is 563 g/mol. The number of hydrogen-bond acceptors (Lipinski definition) is 8. The minimum atomic E-state index is 0.211. The molecule has 220 valence electrons. The summed E-state index contributed by atoms with van der Waals surface area (Å²) in [5, 5.41) is 2.39. The number of fused-ring (bicyclic) bond motifs is 3. The Bertz CT molecular complexity index is 1350. The molecule has 41 heavy (non-hydrogen) atoms. The van der Waals surface area contributed by atoms with E-state index in [-0.39, 0.29) is 6.10 Å². The highest BCUT2D eigenvalue weighted by Gasteiger charge is 2.28. The van der Waals surface area contributed by atoms with Crippen molar-refractivity contribution in [2.75, 3.05) is 77.5 Å². The number of rotatable bonds is 18. The third kappa shape index (κ3) is 7.81. The highest BCUT2D eigenvalue weighted by Crippen LogP contribution is 2.31. The second kappa shape index (κ2) is 15.2. The molecule has 1 aliphatic heterocycles. The lowest BCUT2D eigenvalue weighted by molar-refractivity contribution is -0.0278. The molecule has 1 aliphatic rings. The monoisotopic (exact) mass is 562 g/mol. The van der Waals surface area contributed by atoms with Gasteiger partial charge in [0.15, 0.2) is 0 Å². The van der Waals surface area contributed by atoms with Crippen molar-refractivity contribution in [2.24, 2.45) is 7.05 Å². The quantitative estimate of drug-likeness (QED) is 0.159. The van der Waals surface area contributed by atoms with Gasteiger partial charge in [-0.15, -0.1) is 0 Å². The normalized spacial score (nSPS) is 13.9. The van der Waals surface area contributed by atoms with Crippen molar-refractivity contribution >= 4 is 27.6 Å². The lowest BCUT2D eigenvalue weighted by atomic mass is 10.0. The van der Waals surface area contributed by atoms with Gasteiger partial charge < -0.3 is 33.2 Å². The number of anilines is 1. The van der Waals surface area contributed by atoms with Crippen LogP contribution in [0.2, 0.25) is 0 Å². The van der Waals surface area contributed by atoms with E-state index >= 15 is 0 Å². The molecule has 9 nitrogen and oxygen atoms in total. The van der Waals surface area contributed by atoms with Crippen LogP contribution in [0.25, 0.3) is 32.9 Å². The number of pyridine rings is 2. The Morgan fingerprint density at radius 3 is 2.10 bits per heavy atom. The van der Waals surface area contributed by atoms with Crippen molar-refractivity contribution in [1.29, 1.82) is 0 Å². The van der Waals surface area contributed by atoms with Crippen LogP contribution in [0.5, 0.6) is 0 Å². The van der Waals surface area contributed by atoms with Gasteiger partial charge in [0.25, 0.3) is 0 Å². The zero-order valence-electron chi connectivity index (χ0n) is 24.3. The van der Waals surface area contributed by atoms with E-state index in [1.54, 1.807) is 0 Å². The molecule has 4 aromatic rings. The Morgan fingerprint density at radius 1 is 0.732 bits per heavy atom. The fourth-order valence-corrected chi connectivity index (χ4v) is 4.99. The van der Waals surface area contributed by atoms with E-state index in [2.05, 4.69) is 64.8 Å². The van der Waals surface area contributed by atoms with Gasteiger partial charge in [0.2, 0.25) is 0 Å². The summed E-state index contributed by atoms with van der Waals surface area (Å²) >= 11 is 0. The van der Waals surface area contributed by atoms with E-state index < -0.39 is 0 Å². The zero-order chi connectivity index (χ0) is 28.3. The number of ether oxygens (including phenoxy) is 5. The van der Waals surface area contributed by atoms with Gasteiger partial charge >= 0.3 is 0 Å². The van der Waals surface area contributed by atoms with Gasteiger partial charge in [-0.1, -0.05) is 25.5 Å². The summed E-state index contributed by atoms with van der Waals surface area (Å²) in [6.45, 7) is 9.32. The van der Waals surface area contributed by atoms with E-state index in [0.717, 1.165) is 49.5 Å². The number of benzene rings is 1. The van der Waals surface area contributed by atoms with E-state index in [0.29, 0.717) is 52.9 Å². The molecular formula is C32H42N4O5. The summed E-state index contributed by atoms with van der Waals surface area (Å²) in [4.78, 5) is 11.3. The molecule has 4 heterocycles. The molecule has 0 N–H and O–H groups in total. The van der Waals surface area contributed by atoms with Crippen LogP contribution in [0.4, 0.5) is 5.82 Å². The molecule has 1 aromatic carbocycles. The molecule has 1 fully saturated rings. The Hall–Kier alpha value is -3.08. The molecule has 0 amide bonds. The van der Waals surface area contributed by atoms with Crippen molar-refractivity contribution in [3.05, 3.63) is 55.0 Å². The maximum absolute atomic E-state index is 5.93. The molecule has 0 unspecified atom stereocenters. The van der Waals surface area contributed by atoms with Crippen molar-refractivity contribution in [3.8, 4) is 11.1 Å². The van der Waals surface area contributed by atoms with Gasteiger partial charge in [0, 0.05) is 67.2 Å². The molecule has 0 radical (unpaired) electrons. The topological polar surface area (TPSA) is 80.1 Å². The summed E-state index contributed by atoms with van der Waals surface area (Å²) in [5.41, 5.74) is 4.64. The van der Waals surface area contributed by atoms with Crippen LogP contribution in [0.3, 0.4) is 0 Å². The van der Waals surface area contributed by atoms with Gasteiger partial charge in [0.05, 0.1) is 64.5 Å². The number of aromatic nitrogens is 3. The lowest BCUT2D eigenvalue weighted by Gasteiger charge is -2.39. The maximum Gasteiger partial charge on any atom is 0.128 e. The van der Waals surface area contributed by atoms with E-state index in [1.807, 2.05) is 18.6 Å². The Morgan fingerprint density at radius 2 is 1.41 bits per heavy atom. The molecule has 1 saturated heterocycles. The average Bonchev–Trinajstić information content (AvgIpc) is 3.27. The maximum atomic E-state index is 5.93. The lowest BCUT2D eigenvalue weighted by Crippen LogP contribution is -2.53. The first-order valence-corrected chi connectivity index (χ1v) is 14.7. The summed E-state index contributed by atoms with van der Waals surface area (Å²) in [7, 11) is 2.10. The highest BCUT2D eigenvalue weighted by molar-refractivity contribution is 6.08. The first kappa shape index (κ1) is 29.4. The van der Waals surface area contributed by atoms with E-state index in [4.69, 9.17) is 28.7 Å². The number of nitrogens with zero attached hydrogens (tertiary/aromatic N) is 4. The van der Waals surface area contributed by atoms with Crippen LogP contribution >= 0.6 is 0 Å². The fraction of sp³-hybridized carbons (Fsp3) is 0.500. The first-order chi connectivity index (χ1) is 20.2. The smallest absolute Gasteiger partial charge is 0.128 e. The number of unbranched alkanes of at least 4 members (excludes halogenated alkanes) is 1. The van der Waals surface area contributed by atoms with Gasteiger partial charge in [0.1, 0.15) is 5.82 Å². The van der Waals surface area contributed by atoms with Crippen molar-refractivity contribution in [2.45, 2.75) is 25.9 Å². The molecular weight excluding hydrogens is 520 g/mol. The van der Waals surface area contributed by atoms with Crippen LogP contribution in [-0.4, -0.2) is 93.2 Å². The molecule has 9 heteroatoms. The Kier molecular flexibility index (Phi) is 10.9. The van der Waals surface area contributed by atoms with Crippen LogP contribution in [0, 0.1) is 0 Å². The number of aryl methyl sites for hydroxylation is 1. The standard InChI is InChI=1S/C32H42N4O5/c1-3-4-11-37-12-13-38-14-15-39-16-17-40-18-19-41-27-23-36(24-27)32-8-6-26(21-34-32)25-5-7-28-29-22-33-10-9-30(29)35(2)31(28)20-25/h5-10,20-22,27H,3-4,11-19,23-24H2,1-2H3. The predicted octanol–water partition coefficient (Wildman–Crippen LogP) is 4.86. The fourth-order valence-electron chi connectivity index (χ4n) is 4.99. The minimum absolute atomic E-state index is 0.211. The number of hydrogen-bond donors (Lipinski definition) is 0. The SMILES string of the molecule is CCCCOCCOCCOCCOCCOC1CN(c2ccc(-c3ccc4c5cnccc5n(C)c4c3)cn2)C1. The molecule has 0 spiro atoms. The molecule has 0 aliphatic carbocycles. The van der Waals surface area contributed by atoms with Gasteiger partial charge in [-0.05, 0) is 36.2 Å². The first-order valence-electron chi connectivity index (χ1n) is 14.7. The molecule has 5 rings (SSSR count). The highest BCUT2D eigenvalue weighted by atomic mass is 16.6. The molecule has 0 bridgehead atoms. The van der Waals surface area contributed by atoms with Gasteiger partial charge in [-0.25, -0.2) is 4.98 Å². The van der Waals surface area contributed by atoms with Crippen LogP contribution in [0.15, 0.2) is 55.0 Å². The summed E-state index contributed by atoms with van der Waals surface area (Å²) in [5.74, 6) is 0.978. The molecule has 3 aromatic heterocycles. The van der Waals surface area contributed by atoms with Gasteiger partial charge in [-0.3, -0.25) is 4.98 Å². The predicted molar refractivity (Wildman–Crippen MR) is 162 cm³/mol. The third-order valence-corrected chi connectivity index (χ3v) is 7.40. The Balaban J connectivity index is 0.936. The van der Waals surface area contributed by atoms with Crippen LogP contribution in [0.1, 0.15) is 19.8 Å². The van der Waals surface area contributed by atoms with Crippen molar-refractivity contribution in [1.82, 2.24) is 14.5 Å². The van der Waals surface area contributed by atoms with Crippen molar-refractivity contribution in [3.63, 3.8) is 0 Å². The second-order valence-corrected chi connectivity index (χ2v) is 10.3. The molecule has 0 atom stereocenters. The summed E-state index contributed by atoms with van der Waals surface area (Å²) < 4.78 is 30.2. The zero-order valence-corrected chi connectivity index (χ0v) is 24.3. The van der Waals surface area contributed by atoms with Crippen LogP contribution < -0.4 is 4.90 Å². The summed E-state index contributed by atoms with van der Waals surface area (Å²) in [6.07, 6.45) is 8.20. The second-order valence-electron chi connectivity index (χ2n) is 10.3. The van der Waals surface area contributed by atoms with Crippen molar-refractivity contribution < 1.29 is 23.7 Å². The summed E-state index contributed by atoms with van der Waals surface area (Å²) in [6, 6.07) is 12.9. The van der Waals surface area contributed by atoms with E-state index in [1.165, 1.54) is 21.8 Å². The largest absolute Gasteiger partial charge is 0.379 e. The Labute approximate surface area is 242 Å². The molecule has 0 saturated carbocycles. The third-order valence-electron chi connectivity index (χ3n) is 7.40. The van der Waals surface area contributed by atoms with Crippen LogP contribution in [-0.2, 0) is 30.7 Å².